The van der Waals surface area contributed by atoms with Crippen molar-refractivity contribution in [2.24, 2.45) is 0 Å². The number of carbonyl (C=O) groups excluding carboxylic acids is 1. The molecule has 0 radical (unpaired) electrons. The summed E-state index contributed by atoms with van der Waals surface area (Å²) in [6, 6.07) is -0.234. The van der Waals surface area contributed by atoms with E-state index in [-0.39, 0.29) is 6.03 Å². The summed E-state index contributed by atoms with van der Waals surface area (Å²) >= 11 is 0. The summed E-state index contributed by atoms with van der Waals surface area (Å²) in [7, 11) is 0. The van der Waals surface area contributed by atoms with E-state index in [1.165, 1.54) is 0 Å². The molecule has 2 aliphatic rings. The molecule has 2 rings (SSSR count). The molecule has 5 heteroatoms. The van der Waals surface area contributed by atoms with E-state index < -0.39 is 11.5 Å². The molecule has 0 bridgehead atoms. The van der Waals surface area contributed by atoms with Crippen LogP contribution >= 0.6 is 0 Å². The number of rotatable bonds is 2. The Morgan fingerprint density at radius 2 is 1.90 bits per heavy atom. The number of carboxylic acid groups (broad SMARTS) is 1. The highest BCUT2D eigenvalue weighted by atomic mass is 16.4. The number of nitrogens with one attached hydrogen (secondary N) is 1. The van der Waals surface area contributed by atoms with Gasteiger partial charge in [0.2, 0.25) is 0 Å². The van der Waals surface area contributed by atoms with Gasteiger partial charge < -0.3 is 15.3 Å². The Morgan fingerprint density at radius 1 is 1.25 bits per heavy atom. The quantitative estimate of drug-likeness (QED) is 0.603. The number of urea groups is 1. The third-order valence-corrected chi connectivity index (χ3v) is 4.33. The van der Waals surface area contributed by atoms with Crippen LogP contribution in [0.25, 0.3) is 0 Å². The number of amides is 2. The molecule has 0 aromatic carbocycles. The van der Waals surface area contributed by atoms with Gasteiger partial charge in [0.05, 0.1) is 0 Å². The number of aliphatic carboxylic acids is 1. The molecule has 1 aliphatic heterocycles. The van der Waals surface area contributed by atoms with Gasteiger partial charge in [-0.15, -0.1) is 0 Å². The fraction of sp³-hybridized carbons (Fsp3) is 0.733. The maximum Gasteiger partial charge on any atom is 0.329 e. The fourth-order valence-electron chi connectivity index (χ4n) is 3.09. The van der Waals surface area contributed by atoms with Crippen molar-refractivity contribution < 1.29 is 14.7 Å². The van der Waals surface area contributed by atoms with Crippen LogP contribution in [0.1, 0.15) is 51.9 Å². The van der Waals surface area contributed by atoms with Crippen molar-refractivity contribution in [2.75, 3.05) is 13.1 Å². The Hall–Kier alpha value is -1.52. The molecule has 0 aromatic rings. The summed E-state index contributed by atoms with van der Waals surface area (Å²) < 4.78 is 0. The first-order valence-electron chi connectivity index (χ1n) is 7.50. The first-order valence-corrected chi connectivity index (χ1v) is 7.50. The third-order valence-electron chi connectivity index (χ3n) is 4.33. The van der Waals surface area contributed by atoms with Crippen LogP contribution in [0.15, 0.2) is 11.6 Å². The van der Waals surface area contributed by atoms with E-state index in [4.69, 9.17) is 0 Å². The van der Waals surface area contributed by atoms with E-state index in [2.05, 4.69) is 11.4 Å². The van der Waals surface area contributed by atoms with Gasteiger partial charge in [-0.3, -0.25) is 0 Å². The van der Waals surface area contributed by atoms with Crippen molar-refractivity contribution in [3.8, 4) is 0 Å². The minimum atomic E-state index is -1.07. The van der Waals surface area contributed by atoms with Crippen LogP contribution in [0.5, 0.6) is 0 Å². The standard InChI is InChI=1S/C15H24N2O3/c1-12-7-6-10-17(11-12)14(20)16-15(13(18)19)8-4-2-3-5-9-15/h7H,2-6,8-11H2,1H3,(H,16,20)(H,18,19). The van der Waals surface area contributed by atoms with Gasteiger partial charge in [0.15, 0.2) is 0 Å². The predicted molar refractivity (Wildman–Crippen MR) is 76.5 cm³/mol. The summed E-state index contributed by atoms with van der Waals surface area (Å²) in [5, 5.41) is 12.4. The van der Waals surface area contributed by atoms with Crippen LogP contribution in [-0.2, 0) is 4.79 Å². The number of hydrogen-bond donors (Lipinski definition) is 2. The average molecular weight is 280 g/mol. The first kappa shape index (κ1) is 14.9. The molecule has 0 saturated heterocycles. The van der Waals surface area contributed by atoms with Crippen molar-refractivity contribution >= 4 is 12.0 Å². The second-order valence-corrected chi connectivity index (χ2v) is 5.99. The predicted octanol–water partition coefficient (Wildman–Crippen LogP) is 2.53. The van der Waals surface area contributed by atoms with Gasteiger partial charge in [-0.25, -0.2) is 9.59 Å². The monoisotopic (exact) mass is 280 g/mol. The van der Waals surface area contributed by atoms with Gasteiger partial charge >= 0.3 is 12.0 Å². The van der Waals surface area contributed by atoms with Gasteiger partial charge in [-0.05, 0) is 26.2 Å². The van der Waals surface area contributed by atoms with Gasteiger partial charge in [-0.2, -0.15) is 0 Å². The highest BCUT2D eigenvalue weighted by Gasteiger charge is 2.41. The van der Waals surface area contributed by atoms with E-state index in [0.717, 1.165) is 37.7 Å². The molecular formula is C15H24N2O3. The molecule has 0 unspecified atom stereocenters. The topological polar surface area (TPSA) is 69.6 Å². The Morgan fingerprint density at radius 3 is 2.45 bits per heavy atom. The van der Waals surface area contributed by atoms with Crippen LogP contribution in [0.4, 0.5) is 4.79 Å². The van der Waals surface area contributed by atoms with Crippen molar-refractivity contribution in [1.82, 2.24) is 10.2 Å². The Labute approximate surface area is 120 Å². The van der Waals surface area contributed by atoms with Crippen molar-refractivity contribution in [3.63, 3.8) is 0 Å². The zero-order valence-electron chi connectivity index (χ0n) is 12.2. The van der Waals surface area contributed by atoms with Crippen LogP contribution < -0.4 is 5.32 Å². The van der Waals surface area contributed by atoms with Crippen LogP contribution in [0.2, 0.25) is 0 Å². The lowest BCUT2D eigenvalue weighted by Gasteiger charge is -2.34. The van der Waals surface area contributed by atoms with Crippen molar-refractivity contribution in [3.05, 3.63) is 11.6 Å². The van der Waals surface area contributed by atoms with Crippen LogP contribution in [0.3, 0.4) is 0 Å². The highest BCUT2D eigenvalue weighted by Crippen LogP contribution is 2.28. The molecule has 0 spiro atoms. The average Bonchev–Trinajstić information content (AvgIpc) is 2.65. The first-order chi connectivity index (χ1) is 9.53. The molecule has 1 heterocycles. The van der Waals surface area contributed by atoms with E-state index in [9.17, 15) is 14.7 Å². The molecule has 0 atom stereocenters. The largest absolute Gasteiger partial charge is 0.480 e. The summed E-state index contributed by atoms with van der Waals surface area (Å²) in [4.78, 5) is 25.7. The normalized spacial score (nSPS) is 22.6. The summed E-state index contributed by atoms with van der Waals surface area (Å²) in [6.07, 6.45) is 7.89. The SMILES string of the molecule is CC1=CCCN(C(=O)NC2(C(=O)O)CCCCCC2)C1. The number of nitrogens with zero attached hydrogens (tertiary/aromatic N) is 1. The molecule has 20 heavy (non-hydrogen) atoms. The molecular weight excluding hydrogens is 256 g/mol. The summed E-state index contributed by atoms with van der Waals surface area (Å²) in [5.74, 6) is -0.892. The second kappa shape index (κ2) is 6.29. The Bertz CT molecular complexity index is 409. The lowest BCUT2D eigenvalue weighted by molar-refractivity contribution is -0.145. The summed E-state index contributed by atoms with van der Waals surface area (Å²) in [5.41, 5.74) is 0.0967. The number of carboxylic acids is 1. The van der Waals surface area contributed by atoms with E-state index in [0.29, 0.717) is 25.9 Å². The maximum atomic E-state index is 12.4. The lowest BCUT2D eigenvalue weighted by Crippen LogP contribution is -2.58. The van der Waals surface area contributed by atoms with Crippen LogP contribution in [-0.4, -0.2) is 40.6 Å². The van der Waals surface area contributed by atoms with Crippen molar-refractivity contribution in [2.45, 2.75) is 57.4 Å². The van der Waals surface area contributed by atoms with Gasteiger partial charge in [0.25, 0.3) is 0 Å². The molecule has 1 fully saturated rings. The Balaban J connectivity index is 2.06. The Kier molecular flexibility index (Phi) is 4.68. The molecule has 112 valence electrons. The summed E-state index contributed by atoms with van der Waals surface area (Å²) in [6.45, 7) is 3.26. The maximum absolute atomic E-state index is 12.4. The van der Waals surface area contributed by atoms with Gasteiger partial charge in [0, 0.05) is 13.1 Å². The van der Waals surface area contributed by atoms with Gasteiger partial charge in [-0.1, -0.05) is 37.3 Å². The second-order valence-electron chi connectivity index (χ2n) is 5.99. The minimum absolute atomic E-state index is 0.234. The lowest BCUT2D eigenvalue weighted by atomic mass is 9.90. The highest BCUT2D eigenvalue weighted by molar-refractivity contribution is 5.86. The molecule has 1 saturated carbocycles. The van der Waals surface area contributed by atoms with E-state index >= 15 is 0 Å². The molecule has 1 aliphatic carbocycles. The smallest absolute Gasteiger partial charge is 0.329 e. The van der Waals surface area contributed by atoms with E-state index in [1.807, 2.05) is 6.92 Å². The molecule has 0 aromatic heterocycles. The van der Waals surface area contributed by atoms with E-state index in [1.54, 1.807) is 4.90 Å². The molecule has 2 N–H and O–H groups in total. The number of hydrogen-bond acceptors (Lipinski definition) is 2. The minimum Gasteiger partial charge on any atom is -0.480 e. The molecule has 5 nitrogen and oxygen atoms in total. The molecule has 2 amide bonds. The zero-order chi connectivity index (χ0) is 14.6. The third kappa shape index (κ3) is 3.32. The number of carbonyl (C=O) groups is 2. The zero-order valence-corrected chi connectivity index (χ0v) is 12.2. The fourth-order valence-corrected chi connectivity index (χ4v) is 3.09. The van der Waals surface area contributed by atoms with Crippen molar-refractivity contribution in [1.29, 1.82) is 0 Å². The van der Waals surface area contributed by atoms with Crippen LogP contribution in [0, 0.1) is 0 Å². The van der Waals surface area contributed by atoms with Gasteiger partial charge in [0.1, 0.15) is 5.54 Å².